The Kier molecular flexibility index (Phi) is 4.78. The van der Waals surface area contributed by atoms with Gasteiger partial charge in [-0.2, -0.15) is 0 Å². The van der Waals surface area contributed by atoms with Crippen LogP contribution >= 0.6 is 12.2 Å². The molecule has 1 fully saturated rings. The van der Waals surface area contributed by atoms with Gasteiger partial charge < -0.3 is 4.57 Å². The molecule has 0 saturated carbocycles. The molecule has 1 N–H and O–H groups in total. The summed E-state index contributed by atoms with van der Waals surface area (Å²) in [4.78, 5) is 26.3. The Morgan fingerprint density at radius 3 is 2.38 bits per heavy atom. The van der Waals surface area contributed by atoms with Crippen molar-refractivity contribution >= 4 is 35.2 Å². The van der Waals surface area contributed by atoms with E-state index in [9.17, 15) is 9.59 Å². The maximum absolute atomic E-state index is 12.6. The SMILES string of the molecule is CCN1C(=O)/C(=C\c2cc(C)n(-c3ccc(C)cc3)c2C)C(=O)NC1=S. The molecule has 0 unspecified atom stereocenters. The summed E-state index contributed by atoms with van der Waals surface area (Å²) < 4.78 is 2.11. The number of likely N-dealkylation sites (N-methyl/N-ethyl adjacent to an activating group) is 1. The average Bonchev–Trinajstić information content (AvgIpc) is 2.86. The van der Waals surface area contributed by atoms with Crippen molar-refractivity contribution in [3.05, 3.63) is 58.4 Å². The number of amides is 2. The quantitative estimate of drug-likeness (QED) is 0.515. The van der Waals surface area contributed by atoms with E-state index in [1.807, 2.05) is 33.8 Å². The molecule has 6 heteroatoms. The lowest BCUT2D eigenvalue weighted by atomic mass is 10.1. The van der Waals surface area contributed by atoms with Gasteiger partial charge in [-0.3, -0.25) is 19.8 Å². The standard InChI is InChI=1S/C20H21N3O2S/c1-5-22-19(25)17(18(24)21-20(22)26)11-15-10-13(3)23(14(15)4)16-8-6-12(2)7-9-16/h6-11H,5H2,1-4H3,(H,21,24,26)/b17-11-. The lowest BCUT2D eigenvalue weighted by molar-refractivity contribution is -0.128. The van der Waals surface area contributed by atoms with Crippen molar-refractivity contribution in [3.63, 3.8) is 0 Å². The summed E-state index contributed by atoms with van der Waals surface area (Å²) in [5, 5.41) is 2.74. The first-order chi connectivity index (χ1) is 12.3. The number of aryl methyl sites for hydroxylation is 2. The largest absolute Gasteiger partial charge is 0.318 e. The Morgan fingerprint density at radius 2 is 1.77 bits per heavy atom. The Bertz CT molecular complexity index is 939. The predicted octanol–water partition coefficient (Wildman–Crippen LogP) is 3.05. The summed E-state index contributed by atoms with van der Waals surface area (Å²) in [5.74, 6) is -0.814. The van der Waals surface area contributed by atoms with E-state index in [0.717, 1.165) is 22.6 Å². The molecule has 26 heavy (non-hydrogen) atoms. The summed E-state index contributed by atoms with van der Waals surface area (Å²) in [6.45, 7) is 8.27. The zero-order valence-electron chi connectivity index (χ0n) is 15.3. The number of hydrogen-bond donors (Lipinski definition) is 1. The van der Waals surface area contributed by atoms with Crippen molar-refractivity contribution in [2.24, 2.45) is 0 Å². The first kappa shape index (κ1) is 18.1. The van der Waals surface area contributed by atoms with Gasteiger partial charge in [0, 0.05) is 23.6 Å². The van der Waals surface area contributed by atoms with Crippen molar-refractivity contribution in [1.29, 1.82) is 0 Å². The second-order valence-electron chi connectivity index (χ2n) is 6.36. The summed E-state index contributed by atoms with van der Waals surface area (Å²) >= 11 is 5.06. The van der Waals surface area contributed by atoms with Crippen LogP contribution in [0.1, 0.15) is 29.4 Å². The van der Waals surface area contributed by atoms with Crippen LogP contribution in [0.15, 0.2) is 35.9 Å². The molecule has 134 valence electrons. The lowest BCUT2D eigenvalue weighted by Crippen LogP contribution is -2.53. The van der Waals surface area contributed by atoms with Gasteiger partial charge in [0.2, 0.25) is 0 Å². The highest BCUT2D eigenvalue weighted by Crippen LogP contribution is 2.24. The van der Waals surface area contributed by atoms with E-state index in [4.69, 9.17) is 12.2 Å². The van der Waals surface area contributed by atoms with Gasteiger partial charge in [0.05, 0.1) is 0 Å². The molecule has 2 heterocycles. The van der Waals surface area contributed by atoms with Crippen molar-refractivity contribution in [3.8, 4) is 5.69 Å². The third-order valence-electron chi connectivity index (χ3n) is 4.56. The van der Waals surface area contributed by atoms with Gasteiger partial charge in [-0.1, -0.05) is 17.7 Å². The van der Waals surface area contributed by atoms with Gasteiger partial charge >= 0.3 is 0 Å². The molecule has 3 rings (SSSR count). The molecule has 0 aliphatic carbocycles. The Morgan fingerprint density at radius 1 is 1.12 bits per heavy atom. The number of nitrogens with zero attached hydrogens (tertiary/aromatic N) is 2. The van der Waals surface area contributed by atoms with Crippen LogP contribution in [0, 0.1) is 20.8 Å². The molecule has 0 radical (unpaired) electrons. The number of rotatable bonds is 3. The maximum atomic E-state index is 12.6. The molecule has 2 amide bonds. The van der Waals surface area contributed by atoms with E-state index in [0.29, 0.717) is 6.54 Å². The average molecular weight is 367 g/mol. The fourth-order valence-electron chi connectivity index (χ4n) is 3.16. The van der Waals surface area contributed by atoms with Crippen LogP contribution in [0.25, 0.3) is 11.8 Å². The van der Waals surface area contributed by atoms with Gasteiger partial charge in [-0.05, 0) is 69.8 Å². The molecule has 0 atom stereocenters. The molecule has 1 aliphatic rings. The third kappa shape index (κ3) is 3.08. The second kappa shape index (κ2) is 6.88. The van der Waals surface area contributed by atoms with Crippen LogP contribution < -0.4 is 5.32 Å². The molecular weight excluding hydrogens is 346 g/mol. The highest BCUT2D eigenvalue weighted by molar-refractivity contribution is 7.80. The number of benzene rings is 1. The summed E-state index contributed by atoms with van der Waals surface area (Å²) in [6.07, 6.45) is 1.65. The zero-order valence-corrected chi connectivity index (χ0v) is 16.1. The summed E-state index contributed by atoms with van der Waals surface area (Å²) in [7, 11) is 0. The van der Waals surface area contributed by atoms with Crippen LogP contribution in [0.3, 0.4) is 0 Å². The van der Waals surface area contributed by atoms with Crippen LogP contribution in [-0.2, 0) is 9.59 Å². The smallest absolute Gasteiger partial charge is 0.265 e. The van der Waals surface area contributed by atoms with Crippen molar-refractivity contribution in [2.45, 2.75) is 27.7 Å². The lowest BCUT2D eigenvalue weighted by Gasteiger charge is -2.27. The first-order valence-electron chi connectivity index (χ1n) is 8.48. The number of carbonyl (C=O) groups is 2. The first-order valence-corrected chi connectivity index (χ1v) is 8.89. The molecule has 1 saturated heterocycles. The Balaban J connectivity index is 2.05. The van der Waals surface area contributed by atoms with Crippen molar-refractivity contribution < 1.29 is 9.59 Å². The van der Waals surface area contributed by atoms with Gasteiger partial charge in [0.15, 0.2) is 5.11 Å². The van der Waals surface area contributed by atoms with Crippen molar-refractivity contribution in [1.82, 2.24) is 14.8 Å². The number of aromatic nitrogens is 1. The van der Waals surface area contributed by atoms with E-state index in [1.165, 1.54) is 10.5 Å². The Hall–Kier alpha value is -2.73. The highest BCUT2D eigenvalue weighted by Gasteiger charge is 2.32. The molecule has 1 aromatic heterocycles. The fourth-order valence-corrected chi connectivity index (χ4v) is 3.47. The summed E-state index contributed by atoms with van der Waals surface area (Å²) in [6, 6.07) is 10.2. The minimum atomic E-state index is -0.454. The minimum Gasteiger partial charge on any atom is -0.318 e. The second-order valence-corrected chi connectivity index (χ2v) is 6.75. The predicted molar refractivity (Wildman–Crippen MR) is 106 cm³/mol. The molecule has 0 bridgehead atoms. The van der Waals surface area contributed by atoms with Gasteiger partial charge in [0.1, 0.15) is 5.57 Å². The highest BCUT2D eigenvalue weighted by atomic mass is 32.1. The third-order valence-corrected chi connectivity index (χ3v) is 4.89. The van der Waals surface area contributed by atoms with E-state index in [2.05, 4.69) is 34.1 Å². The molecule has 2 aromatic rings. The zero-order chi connectivity index (χ0) is 19.0. The number of hydrogen-bond acceptors (Lipinski definition) is 3. The minimum absolute atomic E-state index is 0.101. The molecular formula is C20H21N3O2S. The van der Waals surface area contributed by atoms with Crippen LogP contribution in [0.2, 0.25) is 0 Å². The van der Waals surface area contributed by atoms with Crippen LogP contribution in [0.4, 0.5) is 0 Å². The van der Waals surface area contributed by atoms with E-state index in [1.54, 1.807) is 6.08 Å². The van der Waals surface area contributed by atoms with Crippen molar-refractivity contribution in [2.75, 3.05) is 6.54 Å². The number of carbonyl (C=O) groups excluding carboxylic acids is 2. The van der Waals surface area contributed by atoms with Gasteiger partial charge in [-0.15, -0.1) is 0 Å². The summed E-state index contributed by atoms with van der Waals surface area (Å²) in [5.41, 5.74) is 5.18. The van der Waals surface area contributed by atoms with E-state index >= 15 is 0 Å². The maximum Gasteiger partial charge on any atom is 0.265 e. The number of nitrogens with one attached hydrogen (secondary N) is 1. The van der Waals surface area contributed by atoms with Crippen LogP contribution in [0.5, 0.6) is 0 Å². The van der Waals surface area contributed by atoms with E-state index in [-0.39, 0.29) is 16.6 Å². The monoisotopic (exact) mass is 367 g/mol. The molecule has 1 aromatic carbocycles. The van der Waals surface area contributed by atoms with Gasteiger partial charge in [-0.25, -0.2) is 0 Å². The topological polar surface area (TPSA) is 54.3 Å². The fraction of sp³-hybridized carbons (Fsp3) is 0.250. The molecule has 0 spiro atoms. The number of thiocarbonyl (C=S) groups is 1. The van der Waals surface area contributed by atoms with E-state index < -0.39 is 5.91 Å². The Labute approximate surface area is 158 Å². The molecule has 5 nitrogen and oxygen atoms in total. The molecule has 1 aliphatic heterocycles. The normalized spacial score (nSPS) is 16.4. The van der Waals surface area contributed by atoms with Crippen LogP contribution in [-0.4, -0.2) is 32.9 Å². The van der Waals surface area contributed by atoms with Gasteiger partial charge in [0.25, 0.3) is 11.8 Å².